The molecule has 32 heavy (non-hydrogen) atoms. The molecule has 7 heteroatoms. The summed E-state index contributed by atoms with van der Waals surface area (Å²) in [6, 6.07) is 12.5. The minimum Gasteiger partial charge on any atom is -0.322 e. The number of hydrogen-bond acceptors (Lipinski definition) is 4. The van der Waals surface area contributed by atoms with Crippen LogP contribution in [0, 0.1) is 30.0 Å². The zero-order valence-electron chi connectivity index (χ0n) is 17.0. The normalized spacial score (nSPS) is 11.9. The molecule has 0 saturated carbocycles. The minimum absolute atomic E-state index is 0.193. The number of hydrogen-bond donors (Lipinski definition) is 1. The highest BCUT2D eigenvalue weighted by molar-refractivity contribution is 7.99. The van der Waals surface area contributed by atoms with Crippen LogP contribution in [-0.4, -0.2) is 23.3 Å². The molecule has 5 nitrogen and oxygen atoms in total. The summed E-state index contributed by atoms with van der Waals surface area (Å²) in [5, 5.41) is 2.82. The van der Waals surface area contributed by atoms with E-state index >= 15 is 0 Å². The van der Waals surface area contributed by atoms with Gasteiger partial charge in [-0.05, 0) is 55.5 Å². The van der Waals surface area contributed by atoms with E-state index in [0.29, 0.717) is 38.0 Å². The van der Waals surface area contributed by atoms with E-state index in [-0.39, 0.29) is 18.4 Å². The molecule has 1 aromatic heterocycles. The maximum atomic E-state index is 13.9. The number of nitrogens with one attached hydrogen (secondary N) is 1. The average Bonchev–Trinajstić information content (AvgIpc) is 2.90. The molecule has 2 heterocycles. The molecule has 0 bridgehead atoms. The van der Waals surface area contributed by atoms with Gasteiger partial charge in [0.2, 0.25) is 0 Å². The van der Waals surface area contributed by atoms with Gasteiger partial charge in [0.15, 0.2) is 0 Å². The zero-order valence-corrected chi connectivity index (χ0v) is 17.8. The van der Waals surface area contributed by atoms with E-state index in [9.17, 15) is 14.0 Å². The van der Waals surface area contributed by atoms with Crippen LogP contribution in [0.2, 0.25) is 0 Å². The summed E-state index contributed by atoms with van der Waals surface area (Å²) >= 11 is 1.26. The van der Waals surface area contributed by atoms with Gasteiger partial charge in [-0.15, -0.1) is 12.3 Å². The van der Waals surface area contributed by atoms with E-state index in [0.717, 1.165) is 0 Å². The Labute approximate surface area is 189 Å². The summed E-state index contributed by atoms with van der Waals surface area (Å²) in [6.45, 7) is 1.89. The quantitative estimate of drug-likeness (QED) is 0.604. The predicted molar refractivity (Wildman–Crippen MR) is 122 cm³/mol. The van der Waals surface area contributed by atoms with Crippen molar-refractivity contribution in [3.63, 3.8) is 0 Å². The lowest BCUT2D eigenvalue weighted by Gasteiger charge is -2.21. The van der Waals surface area contributed by atoms with Gasteiger partial charge < -0.3 is 5.32 Å². The van der Waals surface area contributed by atoms with E-state index < -0.39 is 5.82 Å². The Morgan fingerprint density at radius 3 is 2.75 bits per heavy atom. The number of anilines is 2. The third-order valence-corrected chi connectivity index (χ3v) is 5.84. The van der Waals surface area contributed by atoms with Crippen LogP contribution in [0.5, 0.6) is 0 Å². The molecule has 1 aliphatic heterocycles. The van der Waals surface area contributed by atoms with Gasteiger partial charge in [-0.2, -0.15) is 0 Å². The van der Waals surface area contributed by atoms with Crippen molar-refractivity contribution in [3.8, 4) is 24.2 Å². The third-order valence-electron chi connectivity index (χ3n) is 4.74. The summed E-state index contributed by atoms with van der Waals surface area (Å²) < 4.78 is 13.9. The second-order valence-corrected chi connectivity index (χ2v) is 7.86. The second kappa shape index (κ2) is 8.97. The van der Waals surface area contributed by atoms with Crippen molar-refractivity contribution in [1.82, 2.24) is 4.98 Å². The number of fused-ring (bicyclic) bond motifs is 2. The SMILES string of the molecule is C#Cc1ccc(C(=O)Nc2ccc3c(c2)Sc2cc(F)ccc2C(=O)N3CC#CC)cn1. The van der Waals surface area contributed by atoms with Crippen LogP contribution in [0.4, 0.5) is 15.8 Å². The van der Waals surface area contributed by atoms with Gasteiger partial charge in [-0.25, -0.2) is 9.37 Å². The third kappa shape index (κ3) is 4.20. The molecular formula is C25H16FN3O2S. The molecule has 0 unspecified atom stereocenters. The lowest BCUT2D eigenvalue weighted by Crippen LogP contribution is -2.31. The number of nitrogens with zero attached hydrogens (tertiary/aromatic N) is 2. The Morgan fingerprint density at radius 2 is 2.03 bits per heavy atom. The number of pyridine rings is 1. The van der Waals surface area contributed by atoms with Crippen LogP contribution >= 0.6 is 11.8 Å². The molecule has 1 N–H and O–H groups in total. The van der Waals surface area contributed by atoms with E-state index in [1.807, 2.05) is 0 Å². The second-order valence-electron chi connectivity index (χ2n) is 6.77. The zero-order chi connectivity index (χ0) is 22.7. The number of carbonyl (C=O) groups excluding carboxylic acids is 2. The molecule has 2 aromatic carbocycles. The molecule has 0 radical (unpaired) electrons. The summed E-state index contributed by atoms with van der Waals surface area (Å²) in [6.07, 6.45) is 6.70. The van der Waals surface area contributed by atoms with Crippen molar-refractivity contribution in [2.24, 2.45) is 0 Å². The molecule has 156 valence electrons. The van der Waals surface area contributed by atoms with Gasteiger partial charge in [0.05, 0.1) is 23.4 Å². The van der Waals surface area contributed by atoms with Crippen molar-refractivity contribution in [2.75, 3.05) is 16.8 Å². The Balaban J connectivity index is 1.70. The summed E-state index contributed by atoms with van der Waals surface area (Å²) in [5.74, 6) is 7.08. The molecule has 0 fully saturated rings. The largest absolute Gasteiger partial charge is 0.322 e. The Morgan fingerprint density at radius 1 is 1.19 bits per heavy atom. The maximum Gasteiger partial charge on any atom is 0.260 e. The molecular weight excluding hydrogens is 425 g/mol. The van der Waals surface area contributed by atoms with Crippen LogP contribution in [0.1, 0.15) is 33.3 Å². The smallest absolute Gasteiger partial charge is 0.260 e. The number of benzene rings is 2. The van der Waals surface area contributed by atoms with E-state index in [4.69, 9.17) is 6.42 Å². The first-order chi connectivity index (χ1) is 15.5. The van der Waals surface area contributed by atoms with Crippen molar-refractivity contribution in [3.05, 3.63) is 77.4 Å². The lowest BCUT2D eigenvalue weighted by molar-refractivity contribution is 0.0985. The average molecular weight is 441 g/mol. The van der Waals surface area contributed by atoms with Crippen LogP contribution in [0.25, 0.3) is 0 Å². The van der Waals surface area contributed by atoms with Crippen molar-refractivity contribution < 1.29 is 14.0 Å². The molecule has 0 saturated heterocycles. The van der Waals surface area contributed by atoms with Gasteiger partial charge in [0, 0.05) is 21.7 Å². The Hall–Kier alpha value is -4.07. The van der Waals surface area contributed by atoms with Crippen LogP contribution < -0.4 is 10.2 Å². The summed E-state index contributed by atoms with van der Waals surface area (Å²) in [4.78, 5) is 32.5. The van der Waals surface area contributed by atoms with Crippen molar-refractivity contribution >= 4 is 35.0 Å². The van der Waals surface area contributed by atoms with Gasteiger partial charge >= 0.3 is 0 Å². The molecule has 0 spiro atoms. The Bertz CT molecular complexity index is 1330. The molecule has 2 amide bonds. The first kappa shape index (κ1) is 21.2. The number of terminal acetylenes is 1. The molecule has 3 aromatic rings. The highest BCUT2D eigenvalue weighted by Crippen LogP contribution is 2.42. The number of rotatable bonds is 3. The first-order valence-corrected chi connectivity index (χ1v) is 10.4. The highest BCUT2D eigenvalue weighted by atomic mass is 32.2. The highest BCUT2D eigenvalue weighted by Gasteiger charge is 2.27. The number of aromatic nitrogens is 1. The number of carbonyl (C=O) groups is 2. The predicted octanol–water partition coefficient (Wildman–Crippen LogP) is 4.59. The van der Waals surface area contributed by atoms with Crippen LogP contribution in [0.3, 0.4) is 0 Å². The molecule has 0 aliphatic carbocycles. The van der Waals surface area contributed by atoms with Crippen molar-refractivity contribution in [2.45, 2.75) is 16.7 Å². The summed E-state index contributed by atoms with van der Waals surface area (Å²) in [7, 11) is 0. The molecule has 1 aliphatic rings. The fraction of sp³-hybridized carbons (Fsp3) is 0.0800. The Kier molecular flexibility index (Phi) is 5.93. The maximum absolute atomic E-state index is 13.9. The first-order valence-electron chi connectivity index (χ1n) is 9.57. The number of amides is 2. The lowest BCUT2D eigenvalue weighted by atomic mass is 10.1. The van der Waals surface area contributed by atoms with Gasteiger partial charge in [-0.3, -0.25) is 14.5 Å². The minimum atomic E-state index is -0.431. The van der Waals surface area contributed by atoms with Gasteiger partial charge in [0.1, 0.15) is 11.5 Å². The number of halogens is 1. The fourth-order valence-corrected chi connectivity index (χ4v) is 4.30. The van der Waals surface area contributed by atoms with Crippen LogP contribution in [-0.2, 0) is 0 Å². The standard InChI is InChI=1S/C25H16FN3O2S/c1-3-5-12-29-21-11-9-19(28-24(30)16-6-8-18(4-2)27-15-16)14-23(21)32-22-13-17(26)7-10-20(22)25(29)31/h2,6-11,13-15H,12H2,1H3,(H,28,30). The molecule has 4 rings (SSSR count). The monoisotopic (exact) mass is 441 g/mol. The van der Waals surface area contributed by atoms with E-state index in [1.54, 1.807) is 42.2 Å². The topological polar surface area (TPSA) is 62.3 Å². The van der Waals surface area contributed by atoms with Crippen molar-refractivity contribution in [1.29, 1.82) is 0 Å². The van der Waals surface area contributed by atoms with E-state index in [1.165, 1.54) is 36.2 Å². The van der Waals surface area contributed by atoms with E-state index in [2.05, 4.69) is 28.1 Å². The van der Waals surface area contributed by atoms with Gasteiger partial charge in [-0.1, -0.05) is 23.6 Å². The van der Waals surface area contributed by atoms with Crippen LogP contribution in [0.15, 0.2) is 64.5 Å². The summed E-state index contributed by atoms with van der Waals surface area (Å²) in [5.41, 5.74) is 2.35. The molecule has 0 atom stereocenters. The fourth-order valence-electron chi connectivity index (χ4n) is 3.16. The van der Waals surface area contributed by atoms with Gasteiger partial charge in [0.25, 0.3) is 11.8 Å².